The lowest BCUT2D eigenvalue weighted by Gasteiger charge is -2.13. The Morgan fingerprint density at radius 3 is 3.00 bits per heavy atom. The Bertz CT molecular complexity index is 927. The third-order valence-corrected chi connectivity index (χ3v) is 4.92. The molecular formula is C17H16FN5O2S. The van der Waals surface area contributed by atoms with Crippen LogP contribution in [0, 0.1) is 5.82 Å². The van der Waals surface area contributed by atoms with Crippen LogP contribution in [0.15, 0.2) is 42.0 Å². The number of halogens is 1. The molecular weight excluding hydrogens is 357 g/mol. The molecule has 0 radical (unpaired) electrons. The monoisotopic (exact) mass is 373 g/mol. The zero-order valence-electron chi connectivity index (χ0n) is 13.7. The number of thiazole rings is 1. The third kappa shape index (κ3) is 3.18. The van der Waals surface area contributed by atoms with Gasteiger partial charge in [0.2, 0.25) is 0 Å². The van der Waals surface area contributed by atoms with Gasteiger partial charge in [-0.05, 0) is 24.3 Å². The molecule has 134 valence electrons. The van der Waals surface area contributed by atoms with Gasteiger partial charge in [0, 0.05) is 29.9 Å². The molecule has 3 heterocycles. The molecule has 1 unspecified atom stereocenters. The topological polar surface area (TPSA) is 86.3 Å². The molecule has 1 fully saturated rings. The van der Waals surface area contributed by atoms with Gasteiger partial charge in [0.05, 0.1) is 24.5 Å². The Morgan fingerprint density at radius 2 is 2.31 bits per heavy atom. The second-order valence-corrected chi connectivity index (χ2v) is 6.79. The van der Waals surface area contributed by atoms with Crippen LogP contribution < -0.4 is 10.6 Å². The van der Waals surface area contributed by atoms with E-state index in [9.17, 15) is 9.18 Å². The van der Waals surface area contributed by atoms with E-state index in [1.54, 1.807) is 23.0 Å². The van der Waals surface area contributed by atoms with Gasteiger partial charge in [-0.3, -0.25) is 9.58 Å². The third-order valence-electron chi connectivity index (χ3n) is 4.09. The number of anilines is 1. The maximum atomic E-state index is 14.6. The summed E-state index contributed by atoms with van der Waals surface area (Å²) in [5.74, 6) is -0.442. The number of carbonyl (C=O) groups is 1. The lowest BCUT2D eigenvalue weighted by molar-refractivity contribution is 0.145. The Balaban J connectivity index is 1.55. The predicted octanol–water partition coefficient (Wildman–Crippen LogP) is 2.48. The van der Waals surface area contributed by atoms with E-state index < -0.39 is 11.9 Å². The lowest BCUT2D eigenvalue weighted by atomic mass is 10.1. The van der Waals surface area contributed by atoms with Crippen LogP contribution in [0.5, 0.6) is 0 Å². The Morgan fingerprint density at radius 1 is 1.42 bits per heavy atom. The largest absolute Gasteiger partial charge is 0.443 e. The quantitative estimate of drug-likeness (QED) is 0.742. The number of cyclic esters (lactones) is 1. The molecule has 1 amide bonds. The Kier molecular flexibility index (Phi) is 4.39. The summed E-state index contributed by atoms with van der Waals surface area (Å²) in [4.78, 5) is 17.7. The summed E-state index contributed by atoms with van der Waals surface area (Å²) in [5, 5.41) is 6.78. The number of hydrogen-bond acceptors (Lipinski definition) is 6. The summed E-state index contributed by atoms with van der Waals surface area (Å²) >= 11 is 1.45. The van der Waals surface area contributed by atoms with Crippen molar-refractivity contribution in [2.75, 3.05) is 18.0 Å². The minimum atomic E-state index is -0.511. The van der Waals surface area contributed by atoms with Crippen molar-refractivity contribution < 1.29 is 13.9 Å². The van der Waals surface area contributed by atoms with Gasteiger partial charge < -0.3 is 10.5 Å². The van der Waals surface area contributed by atoms with Crippen molar-refractivity contribution in [2.24, 2.45) is 5.73 Å². The van der Waals surface area contributed by atoms with E-state index in [2.05, 4.69) is 10.1 Å². The number of amides is 1. The van der Waals surface area contributed by atoms with Gasteiger partial charge in [-0.25, -0.2) is 14.2 Å². The molecule has 4 rings (SSSR count). The van der Waals surface area contributed by atoms with Crippen molar-refractivity contribution in [3.8, 4) is 11.3 Å². The number of aromatic nitrogens is 3. The molecule has 1 saturated heterocycles. The van der Waals surface area contributed by atoms with Crippen LogP contribution >= 0.6 is 11.3 Å². The summed E-state index contributed by atoms with van der Waals surface area (Å²) in [6.07, 6.45) is 2.67. The molecule has 26 heavy (non-hydrogen) atoms. The van der Waals surface area contributed by atoms with Crippen LogP contribution in [-0.2, 0) is 11.3 Å². The maximum absolute atomic E-state index is 14.6. The highest BCUT2D eigenvalue weighted by Crippen LogP contribution is 2.30. The van der Waals surface area contributed by atoms with E-state index >= 15 is 0 Å². The first kappa shape index (κ1) is 16.7. The summed E-state index contributed by atoms with van der Waals surface area (Å²) in [6, 6.07) is 6.47. The van der Waals surface area contributed by atoms with Crippen molar-refractivity contribution in [3.63, 3.8) is 0 Å². The first-order chi connectivity index (χ1) is 12.6. The van der Waals surface area contributed by atoms with Crippen molar-refractivity contribution in [3.05, 3.63) is 52.9 Å². The molecule has 1 aromatic carbocycles. The van der Waals surface area contributed by atoms with E-state index in [4.69, 9.17) is 10.5 Å². The number of benzene rings is 1. The minimum Gasteiger partial charge on any atom is -0.443 e. The zero-order valence-corrected chi connectivity index (χ0v) is 14.5. The molecule has 0 aliphatic carbocycles. The smallest absolute Gasteiger partial charge is 0.414 e. The Labute approximate surface area is 152 Å². The summed E-state index contributed by atoms with van der Waals surface area (Å²) in [6.45, 7) is 1.09. The summed E-state index contributed by atoms with van der Waals surface area (Å²) in [5.41, 5.74) is 6.92. The number of rotatable bonds is 5. The highest BCUT2D eigenvalue weighted by atomic mass is 32.1. The molecule has 1 aliphatic rings. The van der Waals surface area contributed by atoms with Gasteiger partial charge in [-0.1, -0.05) is 0 Å². The summed E-state index contributed by atoms with van der Waals surface area (Å²) < 4.78 is 21.5. The number of ether oxygens (including phenoxy) is 1. The molecule has 0 bridgehead atoms. The SMILES string of the molecule is NCC1CN(c2ccc(-c3csc(Cn4cccn4)n3)c(F)c2)C(=O)O1. The predicted molar refractivity (Wildman–Crippen MR) is 95.5 cm³/mol. The van der Waals surface area contributed by atoms with Crippen LogP contribution in [0.2, 0.25) is 0 Å². The molecule has 2 aromatic heterocycles. The van der Waals surface area contributed by atoms with Crippen LogP contribution in [0.1, 0.15) is 5.01 Å². The summed E-state index contributed by atoms with van der Waals surface area (Å²) in [7, 11) is 0. The lowest BCUT2D eigenvalue weighted by Crippen LogP contribution is -2.27. The Hall–Kier alpha value is -2.78. The first-order valence-electron chi connectivity index (χ1n) is 8.04. The number of hydrogen-bond donors (Lipinski definition) is 1. The van der Waals surface area contributed by atoms with Gasteiger partial charge in [0.15, 0.2) is 0 Å². The van der Waals surface area contributed by atoms with E-state index in [1.807, 2.05) is 17.6 Å². The van der Waals surface area contributed by atoms with Gasteiger partial charge in [-0.15, -0.1) is 11.3 Å². The highest BCUT2D eigenvalue weighted by Gasteiger charge is 2.31. The maximum Gasteiger partial charge on any atom is 0.414 e. The standard InChI is InChI=1S/C17H16FN5O2S/c18-14-6-11(23-8-12(7-19)25-17(23)24)2-3-13(14)15-10-26-16(21-15)9-22-5-1-4-20-22/h1-6,10,12H,7-9,19H2. The van der Waals surface area contributed by atoms with E-state index in [0.29, 0.717) is 30.0 Å². The van der Waals surface area contributed by atoms with E-state index in [-0.39, 0.29) is 12.6 Å². The van der Waals surface area contributed by atoms with Crippen molar-refractivity contribution >= 4 is 23.1 Å². The van der Waals surface area contributed by atoms with Crippen LogP contribution in [0.3, 0.4) is 0 Å². The molecule has 3 aromatic rings. The van der Waals surface area contributed by atoms with Crippen molar-refractivity contribution in [2.45, 2.75) is 12.6 Å². The normalized spacial score (nSPS) is 16.9. The number of carbonyl (C=O) groups excluding carboxylic acids is 1. The minimum absolute atomic E-state index is 0.237. The number of nitrogens with two attached hydrogens (primary N) is 1. The van der Waals surface area contributed by atoms with Gasteiger partial charge in [0.1, 0.15) is 16.9 Å². The molecule has 2 N–H and O–H groups in total. The molecule has 9 heteroatoms. The van der Waals surface area contributed by atoms with Crippen LogP contribution in [-0.4, -0.2) is 40.1 Å². The number of nitrogens with zero attached hydrogens (tertiary/aromatic N) is 4. The fourth-order valence-electron chi connectivity index (χ4n) is 2.77. The molecule has 0 spiro atoms. The second-order valence-electron chi connectivity index (χ2n) is 5.85. The van der Waals surface area contributed by atoms with Gasteiger partial charge >= 0.3 is 6.09 Å². The molecule has 0 saturated carbocycles. The van der Waals surface area contributed by atoms with E-state index in [0.717, 1.165) is 5.01 Å². The van der Waals surface area contributed by atoms with Gasteiger partial charge in [-0.2, -0.15) is 5.10 Å². The fourth-order valence-corrected chi connectivity index (χ4v) is 3.56. The first-order valence-corrected chi connectivity index (χ1v) is 8.92. The zero-order chi connectivity index (χ0) is 18.1. The van der Waals surface area contributed by atoms with Crippen LogP contribution in [0.4, 0.5) is 14.9 Å². The van der Waals surface area contributed by atoms with Gasteiger partial charge in [0.25, 0.3) is 0 Å². The van der Waals surface area contributed by atoms with Crippen LogP contribution in [0.25, 0.3) is 11.3 Å². The van der Waals surface area contributed by atoms with E-state index in [1.165, 1.54) is 22.3 Å². The average Bonchev–Trinajstić information content (AvgIpc) is 3.36. The van der Waals surface area contributed by atoms with Crippen molar-refractivity contribution in [1.82, 2.24) is 14.8 Å². The second kappa shape index (κ2) is 6.85. The molecule has 7 nitrogen and oxygen atoms in total. The molecule has 1 atom stereocenters. The average molecular weight is 373 g/mol. The highest BCUT2D eigenvalue weighted by molar-refractivity contribution is 7.09. The molecule has 1 aliphatic heterocycles. The fraction of sp³-hybridized carbons (Fsp3) is 0.235. The van der Waals surface area contributed by atoms with Crippen molar-refractivity contribution in [1.29, 1.82) is 0 Å².